The number of hydrogen-bond acceptors (Lipinski definition) is 9. The van der Waals surface area contributed by atoms with Crippen LogP contribution in [0, 0.1) is 23.2 Å². The molecular weight excluding hydrogens is 430 g/mol. The molecule has 0 aromatic rings. The molecule has 2 rings (SSSR count). The van der Waals surface area contributed by atoms with Crippen LogP contribution in [0.1, 0.15) is 46.5 Å². The summed E-state index contributed by atoms with van der Waals surface area (Å²) in [5, 5.41) is 40.6. The largest absolute Gasteiger partial charge is 0.390 e. The Morgan fingerprint density at radius 2 is 1.94 bits per heavy atom. The first-order chi connectivity index (χ1) is 15.5. The summed E-state index contributed by atoms with van der Waals surface area (Å²) < 4.78 is 28.1. The molecular formula is C24H37NO8. The van der Waals surface area contributed by atoms with Crippen molar-refractivity contribution in [3.8, 4) is 17.9 Å². The van der Waals surface area contributed by atoms with E-state index in [2.05, 4.69) is 18.4 Å². The summed E-state index contributed by atoms with van der Waals surface area (Å²) in [6, 6.07) is 2.04. The smallest absolute Gasteiger partial charge is 0.164 e. The first-order valence-electron chi connectivity index (χ1n) is 11.1. The minimum absolute atomic E-state index is 0.0489. The molecule has 3 N–H and O–H groups in total. The standard InChI is InChI=1S/C24H37NO8/c1-15(11-18-17(27)13-19(30-6)20(31-18)14-29-5)7-8-16(26)12-21(28)24(4)22(9-10-25)32-23(2,3)33-24/h16-22,26-28H,1,9,11-14H2,2-6H3/t16?,17-,18+,19+,20-,21-,22-,24-/m1/s1. The molecule has 0 aromatic carbocycles. The summed E-state index contributed by atoms with van der Waals surface area (Å²) in [7, 11) is 3.14. The molecule has 33 heavy (non-hydrogen) atoms. The van der Waals surface area contributed by atoms with Gasteiger partial charge in [0.05, 0.1) is 43.5 Å². The number of rotatable bonds is 9. The third-order valence-corrected chi connectivity index (χ3v) is 6.08. The average Bonchev–Trinajstić information content (AvgIpc) is 2.98. The summed E-state index contributed by atoms with van der Waals surface area (Å²) in [4.78, 5) is 0. The van der Waals surface area contributed by atoms with Crippen LogP contribution >= 0.6 is 0 Å². The molecule has 2 aliphatic heterocycles. The molecule has 0 saturated carbocycles. The van der Waals surface area contributed by atoms with Gasteiger partial charge in [-0.15, -0.1) is 0 Å². The van der Waals surface area contributed by atoms with Gasteiger partial charge < -0.3 is 39.0 Å². The molecule has 0 bridgehead atoms. The van der Waals surface area contributed by atoms with Crippen LogP contribution in [-0.2, 0) is 23.7 Å². The average molecular weight is 468 g/mol. The van der Waals surface area contributed by atoms with Crippen LogP contribution in [0.2, 0.25) is 0 Å². The van der Waals surface area contributed by atoms with Gasteiger partial charge in [-0.25, -0.2) is 0 Å². The molecule has 8 atom stereocenters. The highest BCUT2D eigenvalue weighted by Crippen LogP contribution is 2.41. The normalized spacial score (nSPS) is 35.2. The molecule has 2 saturated heterocycles. The predicted molar refractivity (Wildman–Crippen MR) is 119 cm³/mol. The van der Waals surface area contributed by atoms with Gasteiger partial charge in [-0.2, -0.15) is 5.26 Å². The van der Waals surface area contributed by atoms with Crippen molar-refractivity contribution in [2.45, 2.75) is 101 Å². The van der Waals surface area contributed by atoms with Gasteiger partial charge in [-0.3, -0.25) is 0 Å². The van der Waals surface area contributed by atoms with Crippen molar-refractivity contribution >= 4 is 0 Å². The van der Waals surface area contributed by atoms with Gasteiger partial charge >= 0.3 is 0 Å². The number of aliphatic hydroxyl groups is 3. The van der Waals surface area contributed by atoms with Crippen LogP contribution in [-0.4, -0.2) is 90.3 Å². The van der Waals surface area contributed by atoms with Gasteiger partial charge in [-0.1, -0.05) is 18.4 Å². The van der Waals surface area contributed by atoms with E-state index >= 15 is 0 Å². The van der Waals surface area contributed by atoms with E-state index in [9.17, 15) is 15.3 Å². The fraction of sp³-hybridized carbons (Fsp3) is 0.792. The number of nitrogens with zero attached hydrogens (tertiary/aromatic N) is 1. The first kappa shape index (κ1) is 27.7. The number of hydrogen-bond donors (Lipinski definition) is 3. The second-order valence-corrected chi connectivity index (χ2v) is 9.24. The number of ether oxygens (including phenoxy) is 5. The topological polar surface area (TPSA) is 131 Å². The van der Waals surface area contributed by atoms with Gasteiger partial charge in [0.15, 0.2) is 5.79 Å². The molecule has 0 radical (unpaired) electrons. The van der Waals surface area contributed by atoms with Crippen molar-refractivity contribution in [2.75, 3.05) is 20.8 Å². The molecule has 186 valence electrons. The Labute approximate surface area is 196 Å². The van der Waals surface area contributed by atoms with Crippen LogP contribution in [0.15, 0.2) is 12.2 Å². The van der Waals surface area contributed by atoms with Crippen LogP contribution in [0.5, 0.6) is 0 Å². The lowest BCUT2D eigenvalue weighted by molar-refractivity contribution is -0.188. The second kappa shape index (κ2) is 11.7. The van der Waals surface area contributed by atoms with Gasteiger partial charge in [0.1, 0.15) is 23.9 Å². The summed E-state index contributed by atoms with van der Waals surface area (Å²) in [6.07, 6.45) is -4.08. The van der Waals surface area contributed by atoms with E-state index in [1.807, 2.05) is 6.07 Å². The number of nitriles is 1. The minimum atomic E-state index is -1.16. The summed E-state index contributed by atoms with van der Waals surface area (Å²) in [5.74, 6) is 4.53. The Hall–Kier alpha value is -1.53. The highest BCUT2D eigenvalue weighted by atomic mass is 16.8. The molecule has 0 spiro atoms. The zero-order chi connectivity index (χ0) is 24.8. The van der Waals surface area contributed by atoms with Crippen molar-refractivity contribution in [3.63, 3.8) is 0 Å². The van der Waals surface area contributed by atoms with E-state index in [0.29, 0.717) is 18.6 Å². The fourth-order valence-corrected chi connectivity index (χ4v) is 4.36. The SMILES string of the molecule is C=C(C#CC(O)C[C@@H](O)[C@@]1(C)OC(C)(C)O[C@@H]1CC#N)C[C@@H]1O[C@H](COC)[C@@H](OC)C[C@H]1O. The molecule has 1 unspecified atom stereocenters. The Kier molecular flexibility index (Phi) is 9.86. The zero-order valence-corrected chi connectivity index (χ0v) is 20.1. The van der Waals surface area contributed by atoms with Crippen molar-refractivity contribution in [2.24, 2.45) is 0 Å². The monoisotopic (exact) mass is 467 g/mol. The maximum absolute atomic E-state index is 10.8. The van der Waals surface area contributed by atoms with E-state index in [4.69, 9.17) is 28.9 Å². The van der Waals surface area contributed by atoms with Gasteiger partial charge in [-0.05, 0) is 26.3 Å². The maximum atomic E-state index is 10.8. The maximum Gasteiger partial charge on any atom is 0.164 e. The van der Waals surface area contributed by atoms with Gasteiger partial charge in [0, 0.05) is 33.5 Å². The molecule has 2 aliphatic rings. The van der Waals surface area contributed by atoms with Crippen molar-refractivity contribution in [1.82, 2.24) is 0 Å². The Morgan fingerprint density at radius 1 is 1.24 bits per heavy atom. The summed E-state index contributed by atoms with van der Waals surface area (Å²) in [5.41, 5.74) is -0.678. The van der Waals surface area contributed by atoms with E-state index in [-0.39, 0.29) is 31.5 Å². The number of methoxy groups -OCH3 is 2. The Bertz CT molecular complexity index is 769. The second-order valence-electron chi connectivity index (χ2n) is 9.24. The highest BCUT2D eigenvalue weighted by molar-refractivity contribution is 5.28. The lowest BCUT2D eigenvalue weighted by Gasteiger charge is -2.38. The summed E-state index contributed by atoms with van der Waals surface area (Å²) in [6.45, 7) is 9.34. The molecule has 2 fully saturated rings. The van der Waals surface area contributed by atoms with Crippen LogP contribution in [0.4, 0.5) is 0 Å². The molecule has 0 amide bonds. The summed E-state index contributed by atoms with van der Waals surface area (Å²) >= 11 is 0. The molecule has 0 aromatic heterocycles. The molecule has 9 nitrogen and oxygen atoms in total. The van der Waals surface area contributed by atoms with Gasteiger partial charge in [0.2, 0.25) is 0 Å². The number of aliphatic hydroxyl groups excluding tert-OH is 3. The first-order valence-corrected chi connectivity index (χ1v) is 11.1. The quantitative estimate of drug-likeness (QED) is 0.426. The lowest BCUT2D eigenvalue weighted by atomic mass is 9.87. The zero-order valence-electron chi connectivity index (χ0n) is 20.1. The predicted octanol–water partition coefficient (Wildman–Crippen LogP) is 1.05. The molecule has 9 heteroatoms. The fourth-order valence-electron chi connectivity index (χ4n) is 4.36. The van der Waals surface area contributed by atoms with Crippen LogP contribution in [0.3, 0.4) is 0 Å². The van der Waals surface area contributed by atoms with Gasteiger partial charge in [0.25, 0.3) is 0 Å². The van der Waals surface area contributed by atoms with Crippen LogP contribution in [0.25, 0.3) is 0 Å². The van der Waals surface area contributed by atoms with E-state index in [1.54, 1.807) is 35.0 Å². The van der Waals surface area contributed by atoms with Crippen molar-refractivity contribution in [1.29, 1.82) is 5.26 Å². The van der Waals surface area contributed by atoms with Crippen molar-refractivity contribution < 1.29 is 39.0 Å². The minimum Gasteiger partial charge on any atom is -0.390 e. The van der Waals surface area contributed by atoms with E-state index in [1.165, 1.54) is 0 Å². The highest BCUT2D eigenvalue weighted by Gasteiger charge is 2.54. The Balaban J connectivity index is 1.95. The lowest BCUT2D eigenvalue weighted by Crippen LogP contribution is -2.49. The molecule has 0 aliphatic carbocycles. The van der Waals surface area contributed by atoms with Crippen molar-refractivity contribution in [3.05, 3.63) is 12.2 Å². The molecule has 2 heterocycles. The van der Waals surface area contributed by atoms with E-state index < -0.39 is 41.9 Å². The third-order valence-electron chi connectivity index (χ3n) is 6.08. The third kappa shape index (κ3) is 7.22. The van der Waals surface area contributed by atoms with Crippen LogP contribution < -0.4 is 0 Å². The Morgan fingerprint density at radius 3 is 2.55 bits per heavy atom. The van der Waals surface area contributed by atoms with E-state index in [0.717, 1.165) is 0 Å².